The van der Waals surface area contributed by atoms with E-state index in [1.165, 1.54) is 28.8 Å². The number of allylic oxidation sites excluding steroid dienone is 1. The summed E-state index contributed by atoms with van der Waals surface area (Å²) < 4.78 is 50.0. The van der Waals surface area contributed by atoms with Crippen LogP contribution in [0.15, 0.2) is 53.4 Å². The van der Waals surface area contributed by atoms with Gasteiger partial charge in [0.25, 0.3) is 0 Å². The maximum atomic E-state index is 13.0. The van der Waals surface area contributed by atoms with Gasteiger partial charge in [-0.05, 0) is 36.8 Å². The fourth-order valence-electron chi connectivity index (χ4n) is 3.64. The van der Waals surface area contributed by atoms with E-state index >= 15 is 0 Å². The smallest absolute Gasteiger partial charge is 0.416 e. The number of carbonyl (C=O) groups excluding carboxylic acids is 3. The van der Waals surface area contributed by atoms with Crippen LogP contribution in [-0.4, -0.2) is 48.0 Å². The molecule has 2 aliphatic rings. The maximum absolute atomic E-state index is 13.0. The van der Waals surface area contributed by atoms with E-state index in [4.69, 9.17) is 9.47 Å². The minimum Gasteiger partial charge on any atom is -0.490 e. The molecular weight excluding hydrogens is 471 g/mol. The van der Waals surface area contributed by atoms with Crippen molar-refractivity contribution < 1.29 is 37.0 Å². The molecule has 10 heteroatoms. The van der Waals surface area contributed by atoms with Crippen LogP contribution in [-0.2, 0) is 15.7 Å². The van der Waals surface area contributed by atoms with E-state index in [0.717, 1.165) is 12.1 Å². The molecule has 34 heavy (non-hydrogen) atoms. The molecule has 0 unspecified atom stereocenters. The first-order valence-electron chi connectivity index (χ1n) is 10.6. The number of ether oxygens (including phenoxy) is 2. The lowest BCUT2D eigenvalue weighted by Gasteiger charge is -2.24. The molecule has 4 rings (SSSR count). The number of amides is 1. The summed E-state index contributed by atoms with van der Waals surface area (Å²) in [4.78, 5) is 39.5. The maximum Gasteiger partial charge on any atom is 0.416 e. The number of rotatable bonds is 1. The highest BCUT2D eigenvalue weighted by atomic mass is 32.2. The largest absolute Gasteiger partial charge is 0.490 e. The molecule has 0 spiro atoms. The Kier molecular flexibility index (Phi) is 6.97. The number of hydrogen-bond acceptors (Lipinski definition) is 6. The number of ketones is 2. The Morgan fingerprint density at radius 1 is 0.971 bits per heavy atom. The van der Waals surface area contributed by atoms with Crippen molar-refractivity contribution in [3.8, 4) is 5.75 Å². The number of fused-ring (bicyclic) bond motifs is 2. The van der Waals surface area contributed by atoms with Gasteiger partial charge in [-0.3, -0.25) is 9.59 Å². The number of nitrogens with zero attached hydrogens (tertiary/aromatic N) is 1. The van der Waals surface area contributed by atoms with E-state index in [0.29, 0.717) is 36.5 Å². The molecule has 178 valence electrons. The molecule has 0 aromatic heterocycles. The molecule has 2 aromatic carbocycles. The van der Waals surface area contributed by atoms with Crippen LogP contribution in [0, 0.1) is 0 Å². The summed E-state index contributed by atoms with van der Waals surface area (Å²) in [5.41, 5.74) is -0.125. The van der Waals surface area contributed by atoms with Crippen molar-refractivity contribution in [2.45, 2.75) is 19.0 Å². The van der Waals surface area contributed by atoms with E-state index in [9.17, 15) is 27.6 Å². The second-order valence-electron chi connectivity index (χ2n) is 7.65. The van der Waals surface area contributed by atoms with E-state index < -0.39 is 29.4 Å². The predicted molar refractivity (Wildman–Crippen MR) is 119 cm³/mol. The van der Waals surface area contributed by atoms with Gasteiger partial charge in [-0.1, -0.05) is 30.3 Å². The molecule has 2 aromatic rings. The minimum atomic E-state index is -4.55. The molecule has 0 saturated carbocycles. The van der Waals surface area contributed by atoms with Crippen molar-refractivity contribution in [3.63, 3.8) is 0 Å². The van der Waals surface area contributed by atoms with E-state index in [2.05, 4.69) is 0 Å². The first-order chi connectivity index (χ1) is 16.3. The van der Waals surface area contributed by atoms with Crippen LogP contribution in [0.5, 0.6) is 5.75 Å². The topological polar surface area (TPSA) is 72.9 Å². The number of hydrogen-bond donors (Lipinski definition) is 0. The summed E-state index contributed by atoms with van der Waals surface area (Å²) >= 11 is 1.25. The zero-order valence-corrected chi connectivity index (χ0v) is 18.7. The van der Waals surface area contributed by atoms with Gasteiger partial charge in [0, 0.05) is 17.7 Å². The monoisotopic (exact) mass is 491 g/mol. The zero-order valence-electron chi connectivity index (χ0n) is 17.9. The number of alkyl halides is 3. The molecular formula is C24H20F3NO5S. The Morgan fingerprint density at radius 2 is 1.74 bits per heavy atom. The van der Waals surface area contributed by atoms with Gasteiger partial charge in [0.2, 0.25) is 11.6 Å². The van der Waals surface area contributed by atoms with Crippen molar-refractivity contribution in [3.05, 3.63) is 70.1 Å². The molecule has 0 fully saturated rings. The summed E-state index contributed by atoms with van der Waals surface area (Å²) in [7, 11) is 0. The fraction of sp³-hybridized carbons (Fsp3) is 0.292. The Morgan fingerprint density at radius 3 is 2.50 bits per heavy atom. The summed E-state index contributed by atoms with van der Waals surface area (Å²) in [6, 6.07) is 10.8. The first kappa shape index (κ1) is 23.9. The molecule has 1 aliphatic carbocycles. The number of benzene rings is 2. The first-order valence-corrected chi connectivity index (χ1v) is 11.6. The number of thioether (sulfide) groups is 1. The third-order valence-corrected chi connectivity index (χ3v) is 6.49. The Balaban J connectivity index is 1.51. The average Bonchev–Trinajstić information content (AvgIpc) is 2.86. The highest BCUT2D eigenvalue weighted by molar-refractivity contribution is 8.04. The summed E-state index contributed by atoms with van der Waals surface area (Å²) in [6.07, 6.45) is -4.13. The van der Waals surface area contributed by atoms with Gasteiger partial charge in [0.1, 0.15) is 23.0 Å². The van der Waals surface area contributed by atoms with Crippen LogP contribution in [0.3, 0.4) is 0 Å². The Labute approximate surface area is 197 Å². The quantitative estimate of drug-likeness (QED) is 0.512. The van der Waals surface area contributed by atoms with Crippen molar-refractivity contribution in [1.29, 1.82) is 0 Å². The lowest BCUT2D eigenvalue weighted by atomic mass is 9.94. The minimum absolute atomic E-state index is 0.00683. The van der Waals surface area contributed by atoms with Crippen LogP contribution >= 0.6 is 11.8 Å². The van der Waals surface area contributed by atoms with Gasteiger partial charge < -0.3 is 14.4 Å². The summed E-state index contributed by atoms with van der Waals surface area (Å²) in [6.45, 7) is 0.395. The van der Waals surface area contributed by atoms with Gasteiger partial charge in [0.05, 0.1) is 12.1 Å². The highest BCUT2D eigenvalue weighted by Crippen LogP contribution is 2.37. The van der Waals surface area contributed by atoms with Gasteiger partial charge in [-0.15, -0.1) is 11.8 Å². The molecule has 0 N–H and O–H groups in total. The van der Waals surface area contributed by atoms with Gasteiger partial charge >= 0.3 is 12.3 Å². The lowest BCUT2D eigenvalue weighted by Crippen LogP contribution is -2.37. The van der Waals surface area contributed by atoms with Crippen molar-refractivity contribution in [2.24, 2.45) is 0 Å². The van der Waals surface area contributed by atoms with E-state index in [-0.39, 0.29) is 29.4 Å². The van der Waals surface area contributed by atoms with Crippen molar-refractivity contribution in [2.75, 3.05) is 25.4 Å². The molecule has 1 aliphatic heterocycles. The fourth-order valence-corrected chi connectivity index (χ4v) is 4.71. The van der Waals surface area contributed by atoms with E-state index in [1.54, 1.807) is 24.3 Å². The molecule has 1 heterocycles. The number of halogens is 3. The van der Waals surface area contributed by atoms with Gasteiger partial charge in [-0.2, -0.15) is 13.2 Å². The predicted octanol–water partition coefficient (Wildman–Crippen LogP) is 5.18. The van der Waals surface area contributed by atoms with Crippen LogP contribution in [0.2, 0.25) is 0 Å². The number of carbonyl (C=O) groups is 3. The normalized spacial score (nSPS) is 17.3. The average molecular weight is 491 g/mol. The van der Waals surface area contributed by atoms with Crippen molar-refractivity contribution in [1.82, 2.24) is 4.90 Å². The van der Waals surface area contributed by atoms with E-state index in [1.807, 2.05) is 0 Å². The summed E-state index contributed by atoms with van der Waals surface area (Å²) in [5.74, 6) is -0.565. The standard InChI is InChI=1S/C24H20F3NO5S/c25-24(26,27)15-6-5-7-16(14-15)33-23(31)28-10-3-4-13-34-22-20(30)19(29)17-8-1-2-9-18(17)21(22)32-12-11-28/h1-2,5-9,14H,3-4,10-13H2. The van der Waals surface area contributed by atoms with Crippen LogP contribution in [0.1, 0.15) is 34.3 Å². The SMILES string of the molecule is O=C1C(=O)c2ccccc2C2=C1SCCCCN(C(=O)Oc1cccc(C(F)(F)F)c1)CCO2. The molecule has 1 amide bonds. The third-order valence-electron chi connectivity index (χ3n) is 5.34. The molecule has 0 saturated heterocycles. The summed E-state index contributed by atoms with van der Waals surface area (Å²) in [5, 5.41) is 0. The highest BCUT2D eigenvalue weighted by Gasteiger charge is 2.34. The van der Waals surface area contributed by atoms with Gasteiger partial charge in [-0.25, -0.2) is 4.79 Å². The lowest BCUT2D eigenvalue weighted by molar-refractivity contribution is -0.137. The van der Waals surface area contributed by atoms with Crippen LogP contribution in [0.25, 0.3) is 5.76 Å². The van der Waals surface area contributed by atoms with Crippen molar-refractivity contribution >= 4 is 35.2 Å². The molecule has 0 bridgehead atoms. The number of Topliss-reactive ketones (excluding diaryl/α,β-unsaturated/α-hetero) is 2. The van der Waals surface area contributed by atoms with Crippen LogP contribution in [0.4, 0.5) is 18.0 Å². The Bertz CT molecular complexity index is 1160. The zero-order chi connectivity index (χ0) is 24.3. The second kappa shape index (κ2) is 9.92. The molecule has 0 radical (unpaired) electrons. The second-order valence-corrected chi connectivity index (χ2v) is 8.75. The van der Waals surface area contributed by atoms with Gasteiger partial charge in [0.15, 0.2) is 0 Å². The molecule has 6 nitrogen and oxygen atoms in total. The molecule has 0 atom stereocenters. The third kappa shape index (κ3) is 5.11. The Hall–Kier alpha value is -3.27. The van der Waals surface area contributed by atoms with Crippen LogP contribution < -0.4 is 4.74 Å².